The van der Waals surface area contributed by atoms with Gasteiger partial charge in [0.2, 0.25) is 0 Å². The molecule has 2 heterocycles. The number of carbonyl (C=O) groups is 1. The lowest BCUT2D eigenvalue weighted by Gasteiger charge is -2.10. The van der Waals surface area contributed by atoms with Gasteiger partial charge in [-0.3, -0.25) is 0 Å². The lowest BCUT2D eigenvalue weighted by molar-refractivity contribution is -0.152. The summed E-state index contributed by atoms with van der Waals surface area (Å²) in [4.78, 5) is 12.8. The second-order valence-electron chi connectivity index (χ2n) is 5.02. The van der Waals surface area contributed by atoms with Gasteiger partial charge in [0.05, 0.1) is 12.0 Å². The van der Waals surface area contributed by atoms with Crippen molar-refractivity contribution >= 4 is 17.3 Å². The number of thiophene rings is 1. The average Bonchev–Trinajstić information content (AvgIpc) is 3.31. The van der Waals surface area contributed by atoms with Gasteiger partial charge in [0.15, 0.2) is 12.7 Å². The van der Waals surface area contributed by atoms with E-state index < -0.39 is 12.1 Å². The largest absolute Gasteiger partial charge is 0.497 e. The average molecular weight is 360 g/mol. The summed E-state index contributed by atoms with van der Waals surface area (Å²) in [6.45, 7) is 1.44. The number of nitrogens with zero attached hydrogens (tertiary/aromatic N) is 2. The van der Waals surface area contributed by atoms with Crippen LogP contribution in [0.5, 0.6) is 11.5 Å². The highest BCUT2D eigenvalue weighted by Crippen LogP contribution is 2.25. The van der Waals surface area contributed by atoms with Crippen LogP contribution in [0.25, 0.3) is 10.8 Å². The molecule has 0 saturated heterocycles. The molecule has 0 spiro atoms. The van der Waals surface area contributed by atoms with E-state index in [2.05, 4.69) is 10.2 Å². The fourth-order valence-corrected chi connectivity index (χ4v) is 2.64. The van der Waals surface area contributed by atoms with Crippen LogP contribution in [-0.2, 0) is 9.53 Å². The van der Waals surface area contributed by atoms with E-state index in [0.717, 1.165) is 4.88 Å². The first-order valence-corrected chi connectivity index (χ1v) is 8.37. The Balaban J connectivity index is 1.51. The van der Waals surface area contributed by atoms with Crippen molar-refractivity contribution in [2.45, 2.75) is 13.0 Å². The molecule has 0 radical (unpaired) electrons. The van der Waals surface area contributed by atoms with Gasteiger partial charge in [0.25, 0.3) is 11.8 Å². The highest BCUT2D eigenvalue weighted by molar-refractivity contribution is 7.13. The molecule has 130 valence electrons. The quantitative estimate of drug-likeness (QED) is 0.596. The third-order valence-corrected chi connectivity index (χ3v) is 4.10. The van der Waals surface area contributed by atoms with Gasteiger partial charge in [0, 0.05) is 0 Å². The maximum absolute atomic E-state index is 11.9. The van der Waals surface area contributed by atoms with Crippen LogP contribution in [0.2, 0.25) is 0 Å². The minimum absolute atomic E-state index is 0.220. The van der Waals surface area contributed by atoms with Crippen molar-refractivity contribution in [1.29, 1.82) is 0 Å². The Morgan fingerprint density at radius 2 is 1.96 bits per heavy atom. The lowest BCUT2D eigenvalue weighted by atomic mass is 10.3. The number of esters is 1. The zero-order valence-corrected chi connectivity index (χ0v) is 14.5. The molecule has 1 atom stereocenters. The van der Waals surface area contributed by atoms with E-state index >= 15 is 0 Å². The van der Waals surface area contributed by atoms with Crippen molar-refractivity contribution in [2.75, 3.05) is 13.7 Å². The van der Waals surface area contributed by atoms with Gasteiger partial charge in [-0.2, -0.15) is 0 Å². The van der Waals surface area contributed by atoms with Crippen LogP contribution in [0, 0.1) is 0 Å². The van der Waals surface area contributed by atoms with Gasteiger partial charge in [-0.25, -0.2) is 4.79 Å². The molecule has 0 amide bonds. The predicted octanol–water partition coefficient (Wildman–Crippen LogP) is 3.49. The summed E-state index contributed by atoms with van der Waals surface area (Å²) in [6, 6.07) is 10.7. The summed E-state index contributed by atoms with van der Waals surface area (Å²) >= 11 is 1.49. The third kappa shape index (κ3) is 4.36. The second-order valence-corrected chi connectivity index (χ2v) is 5.97. The highest BCUT2D eigenvalue weighted by atomic mass is 32.1. The zero-order chi connectivity index (χ0) is 17.6. The van der Waals surface area contributed by atoms with Crippen LogP contribution in [0.15, 0.2) is 46.2 Å². The maximum Gasteiger partial charge on any atom is 0.344 e. The molecule has 8 heteroatoms. The summed E-state index contributed by atoms with van der Waals surface area (Å²) in [5.74, 6) is 1.37. The van der Waals surface area contributed by atoms with E-state index in [1.807, 2.05) is 17.5 Å². The standard InChI is InChI=1S/C17H16N2O5S/c1-11(16-18-19-17(24-16)14-4-3-9-25-14)23-15(20)10-22-13-7-5-12(21-2)6-8-13/h3-9,11H,10H2,1-2H3/t11-/m1/s1. The second kappa shape index (κ2) is 7.80. The van der Waals surface area contributed by atoms with E-state index in [4.69, 9.17) is 18.6 Å². The molecule has 7 nitrogen and oxygen atoms in total. The van der Waals surface area contributed by atoms with Crippen LogP contribution < -0.4 is 9.47 Å². The number of ether oxygens (including phenoxy) is 3. The fraction of sp³-hybridized carbons (Fsp3) is 0.235. The number of rotatable bonds is 7. The molecule has 2 aromatic heterocycles. The summed E-state index contributed by atoms with van der Waals surface area (Å²) in [6.07, 6.45) is -0.659. The van der Waals surface area contributed by atoms with E-state index in [1.54, 1.807) is 38.3 Å². The first-order chi connectivity index (χ1) is 12.2. The molecule has 0 N–H and O–H groups in total. The number of carbonyl (C=O) groups excluding carboxylic acids is 1. The highest BCUT2D eigenvalue weighted by Gasteiger charge is 2.19. The van der Waals surface area contributed by atoms with Crippen molar-refractivity contribution in [1.82, 2.24) is 10.2 Å². The van der Waals surface area contributed by atoms with Crippen LogP contribution in [-0.4, -0.2) is 29.9 Å². The molecule has 25 heavy (non-hydrogen) atoms. The van der Waals surface area contributed by atoms with Gasteiger partial charge >= 0.3 is 5.97 Å². The fourth-order valence-electron chi connectivity index (χ4n) is 1.99. The third-order valence-electron chi connectivity index (χ3n) is 3.24. The Hall–Kier alpha value is -2.87. The van der Waals surface area contributed by atoms with Crippen LogP contribution in [0.4, 0.5) is 0 Å². The first-order valence-electron chi connectivity index (χ1n) is 7.49. The first kappa shape index (κ1) is 17.0. The molecule has 0 saturated carbocycles. The maximum atomic E-state index is 11.9. The molecule has 0 unspecified atom stereocenters. The monoisotopic (exact) mass is 360 g/mol. The van der Waals surface area contributed by atoms with Crippen LogP contribution in [0.3, 0.4) is 0 Å². The zero-order valence-electron chi connectivity index (χ0n) is 13.7. The van der Waals surface area contributed by atoms with E-state index in [1.165, 1.54) is 11.3 Å². The number of aromatic nitrogens is 2. The van der Waals surface area contributed by atoms with Crippen LogP contribution in [0.1, 0.15) is 18.9 Å². The van der Waals surface area contributed by atoms with Gasteiger partial charge in [0.1, 0.15) is 11.5 Å². The molecule has 0 aliphatic carbocycles. The minimum Gasteiger partial charge on any atom is -0.497 e. The Kier molecular flexibility index (Phi) is 5.30. The van der Waals surface area contributed by atoms with Crippen molar-refractivity contribution in [2.24, 2.45) is 0 Å². The van der Waals surface area contributed by atoms with E-state index in [9.17, 15) is 4.79 Å². The van der Waals surface area contributed by atoms with Crippen molar-refractivity contribution in [3.63, 3.8) is 0 Å². The number of methoxy groups -OCH3 is 1. The molecule has 0 aliphatic heterocycles. The molecular formula is C17H16N2O5S. The van der Waals surface area contributed by atoms with E-state index in [-0.39, 0.29) is 12.5 Å². The lowest BCUT2D eigenvalue weighted by Crippen LogP contribution is -2.17. The molecule has 0 fully saturated rings. The Morgan fingerprint density at radius 3 is 2.64 bits per heavy atom. The normalized spacial score (nSPS) is 11.8. The van der Waals surface area contributed by atoms with Crippen molar-refractivity contribution in [3.05, 3.63) is 47.7 Å². The topological polar surface area (TPSA) is 83.7 Å². The molecule has 3 rings (SSSR count). The van der Waals surface area contributed by atoms with Gasteiger partial charge in [-0.05, 0) is 42.6 Å². The summed E-state index contributed by atoms with van der Waals surface area (Å²) in [7, 11) is 1.58. The molecular weight excluding hydrogens is 344 g/mol. The Labute approximate surface area is 148 Å². The van der Waals surface area contributed by atoms with Gasteiger partial charge in [-0.1, -0.05) is 6.07 Å². The van der Waals surface area contributed by atoms with Crippen LogP contribution >= 0.6 is 11.3 Å². The summed E-state index contributed by atoms with van der Waals surface area (Å²) in [5.41, 5.74) is 0. The summed E-state index contributed by atoms with van der Waals surface area (Å²) in [5, 5.41) is 9.79. The Morgan fingerprint density at radius 1 is 1.20 bits per heavy atom. The number of benzene rings is 1. The molecule has 3 aromatic rings. The van der Waals surface area contributed by atoms with Crippen molar-refractivity contribution < 1.29 is 23.4 Å². The predicted molar refractivity (Wildman–Crippen MR) is 90.6 cm³/mol. The molecule has 1 aromatic carbocycles. The Bertz CT molecular complexity index is 814. The SMILES string of the molecule is COc1ccc(OCC(=O)O[C@H](C)c2nnc(-c3cccs3)o2)cc1. The minimum atomic E-state index is -0.659. The molecule has 0 aliphatic rings. The van der Waals surface area contributed by atoms with Gasteiger partial charge < -0.3 is 18.6 Å². The summed E-state index contributed by atoms with van der Waals surface area (Å²) < 4.78 is 21.2. The number of hydrogen-bond donors (Lipinski definition) is 0. The number of hydrogen-bond acceptors (Lipinski definition) is 8. The van der Waals surface area contributed by atoms with Gasteiger partial charge in [-0.15, -0.1) is 21.5 Å². The smallest absolute Gasteiger partial charge is 0.344 e. The molecule has 0 bridgehead atoms. The van der Waals surface area contributed by atoms with Crippen molar-refractivity contribution in [3.8, 4) is 22.3 Å². The van der Waals surface area contributed by atoms with E-state index in [0.29, 0.717) is 17.4 Å².